The monoisotopic (exact) mass is 278 g/mol. The fourth-order valence-corrected chi connectivity index (χ4v) is 2.73. The van der Waals surface area contributed by atoms with Gasteiger partial charge < -0.3 is 10.6 Å². The molecule has 1 aromatic heterocycles. The van der Waals surface area contributed by atoms with Gasteiger partial charge in [-0.25, -0.2) is 4.98 Å². The number of nitrogens with zero attached hydrogens (tertiary/aromatic N) is 2. The predicted octanol–water partition coefficient (Wildman–Crippen LogP) is 3.27. The first-order valence-electron chi connectivity index (χ1n) is 7.18. The molecule has 0 saturated heterocycles. The van der Waals surface area contributed by atoms with Crippen LogP contribution in [-0.4, -0.2) is 22.5 Å². The van der Waals surface area contributed by atoms with E-state index in [1.807, 2.05) is 6.92 Å². The third-order valence-corrected chi connectivity index (χ3v) is 4.18. The first-order valence-corrected chi connectivity index (χ1v) is 7.18. The van der Waals surface area contributed by atoms with Crippen LogP contribution in [0.1, 0.15) is 33.6 Å². The lowest BCUT2D eigenvalue weighted by Gasteiger charge is -2.20. The van der Waals surface area contributed by atoms with Gasteiger partial charge in [-0.3, -0.25) is 10.1 Å². The Bertz CT molecular complexity index is 492. The summed E-state index contributed by atoms with van der Waals surface area (Å²) in [7, 11) is 0. The van der Waals surface area contributed by atoms with Crippen molar-refractivity contribution in [2.45, 2.75) is 39.7 Å². The van der Waals surface area contributed by atoms with E-state index in [4.69, 9.17) is 0 Å². The van der Waals surface area contributed by atoms with Crippen molar-refractivity contribution < 1.29 is 4.92 Å². The molecule has 0 spiro atoms. The first kappa shape index (κ1) is 14.6. The first-order chi connectivity index (χ1) is 9.51. The van der Waals surface area contributed by atoms with Gasteiger partial charge in [-0.1, -0.05) is 13.8 Å². The van der Waals surface area contributed by atoms with Crippen molar-refractivity contribution in [1.29, 1.82) is 0 Å². The van der Waals surface area contributed by atoms with Gasteiger partial charge in [0.25, 0.3) is 5.69 Å². The van der Waals surface area contributed by atoms with Crippen LogP contribution < -0.4 is 10.6 Å². The van der Waals surface area contributed by atoms with Crippen LogP contribution in [-0.2, 0) is 0 Å². The van der Waals surface area contributed by atoms with Crippen molar-refractivity contribution in [3.05, 3.63) is 22.2 Å². The second-order valence-electron chi connectivity index (χ2n) is 5.55. The SMILES string of the molecule is CCNc1cc([N+](=O)[O-])cc(NC2CCC(C)C2C)n1. The molecule has 2 rings (SSSR count). The zero-order valence-electron chi connectivity index (χ0n) is 12.2. The highest BCUT2D eigenvalue weighted by Gasteiger charge is 2.30. The zero-order valence-corrected chi connectivity index (χ0v) is 12.2. The average molecular weight is 278 g/mol. The molecule has 3 atom stereocenters. The molecule has 1 heterocycles. The molecule has 0 aromatic carbocycles. The van der Waals surface area contributed by atoms with Crippen molar-refractivity contribution in [1.82, 2.24) is 4.98 Å². The summed E-state index contributed by atoms with van der Waals surface area (Å²) in [6.45, 7) is 7.09. The summed E-state index contributed by atoms with van der Waals surface area (Å²) in [5, 5.41) is 17.4. The molecule has 0 aliphatic heterocycles. The maximum atomic E-state index is 11.0. The molecule has 2 N–H and O–H groups in total. The van der Waals surface area contributed by atoms with Gasteiger partial charge in [-0.15, -0.1) is 0 Å². The molecule has 0 bridgehead atoms. The summed E-state index contributed by atoms with van der Waals surface area (Å²) in [6, 6.07) is 3.32. The van der Waals surface area contributed by atoms with Crippen LogP contribution in [0.15, 0.2) is 12.1 Å². The zero-order chi connectivity index (χ0) is 14.7. The Morgan fingerprint density at radius 1 is 1.35 bits per heavy atom. The molecule has 110 valence electrons. The smallest absolute Gasteiger partial charge is 0.276 e. The van der Waals surface area contributed by atoms with Gasteiger partial charge in [0.1, 0.15) is 11.6 Å². The second-order valence-corrected chi connectivity index (χ2v) is 5.55. The molecule has 0 radical (unpaired) electrons. The van der Waals surface area contributed by atoms with Gasteiger partial charge in [0.2, 0.25) is 0 Å². The number of rotatable bonds is 5. The second kappa shape index (κ2) is 6.07. The fourth-order valence-electron chi connectivity index (χ4n) is 2.73. The van der Waals surface area contributed by atoms with Crippen molar-refractivity contribution >= 4 is 17.3 Å². The predicted molar refractivity (Wildman–Crippen MR) is 80.0 cm³/mol. The quantitative estimate of drug-likeness (QED) is 0.638. The topological polar surface area (TPSA) is 80.1 Å². The minimum absolute atomic E-state index is 0.0668. The maximum Gasteiger partial charge on any atom is 0.276 e. The number of aromatic nitrogens is 1. The summed E-state index contributed by atoms with van der Waals surface area (Å²) < 4.78 is 0. The standard InChI is InChI=1S/C14H22N4O2/c1-4-15-13-7-11(18(19)20)8-14(17-13)16-12-6-5-9(2)10(12)3/h7-10,12H,4-6H2,1-3H3,(H2,15,16,17). The van der Waals surface area contributed by atoms with Gasteiger partial charge >= 0.3 is 0 Å². The molecule has 1 saturated carbocycles. The van der Waals surface area contributed by atoms with E-state index in [9.17, 15) is 10.1 Å². The van der Waals surface area contributed by atoms with Crippen LogP contribution in [0.4, 0.5) is 17.3 Å². The third-order valence-electron chi connectivity index (χ3n) is 4.18. The van der Waals surface area contributed by atoms with E-state index in [0.29, 0.717) is 36.1 Å². The van der Waals surface area contributed by atoms with Crippen molar-refractivity contribution in [3.8, 4) is 0 Å². The fraction of sp³-hybridized carbons (Fsp3) is 0.643. The number of nitrogens with one attached hydrogen (secondary N) is 2. The largest absolute Gasteiger partial charge is 0.370 e. The summed E-state index contributed by atoms with van der Waals surface area (Å²) in [6.07, 6.45) is 2.27. The molecule has 0 amide bonds. The summed E-state index contributed by atoms with van der Waals surface area (Å²) >= 11 is 0. The Kier molecular flexibility index (Phi) is 4.42. The third kappa shape index (κ3) is 3.18. The Morgan fingerprint density at radius 3 is 2.60 bits per heavy atom. The molecule has 20 heavy (non-hydrogen) atoms. The molecule has 6 heteroatoms. The lowest BCUT2D eigenvalue weighted by Crippen LogP contribution is -2.24. The normalized spacial score (nSPS) is 25.4. The van der Waals surface area contributed by atoms with Gasteiger partial charge in [0.05, 0.1) is 17.1 Å². The van der Waals surface area contributed by atoms with Crippen LogP contribution in [0.2, 0.25) is 0 Å². The molecular weight excluding hydrogens is 256 g/mol. The molecule has 1 aliphatic rings. The van der Waals surface area contributed by atoms with Crippen LogP contribution in [0.3, 0.4) is 0 Å². The lowest BCUT2D eigenvalue weighted by molar-refractivity contribution is -0.384. The van der Waals surface area contributed by atoms with E-state index >= 15 is 0 Å². The van der Waals surface area contributed by atoms with Gasteiger partial charge in [0.15, 0.2) is 0 Å². The number of hydrogen-bond donors (Lipinski definition) is 2. The highest BCUT2D eigenvalue weighted by atomic mass is 16.6. The van der Waals surface area contributed by atoms with Gasteiger partial charge in [-0.05, 0) is 31.6 Å². The van der Waals surface area contributed by atoms with Gasteiger partial charge in [-0.2, -0.15) is 0 Å². The van der Waals surface area contributed by atoms with E-state index in [1.54, 1.807) is 0 Å². The summed E-state index contributed by atoms with van der Waals surface area (Å²) in [5.41, 5.74) is 0.0668. The number of pyridine rings is 1. The molecule has 1 fully saturated rings. The van der Waals surface area contributed by atoms with Crippen molar-refractivity contribution in [2.75, 3.05) is 17.2 Å². The van der Waals surface area contributed by atoms with Crippen LogP contribution in [0, 0.1) is 22.0 Å². The number of nitro groups is 1. The average Bonchev–Trinajstić information content (AvgIpc) is 2.71. The van der Waals surface area contributed by atoms with Crippen molar-refractivity contribution in [2.24, 2.45) is 11.8 Å². The molecular formula is C14H22N4O2. The van der Waals surface area contributed by atoms with E-state index in [0.717, 1.165) is 6.42 Å². The van der Waals surface area contributed by atoms with Crippen molar-refractivity contribution in [3.63, 3.8) is 0 Å². The highest BCUT2D eigenvalue weighted by Crippen LogP contribution is 2.33. The van der Waals surface area contributed by atoms with E-state index in [2.05, 4.69) is 29.5 Å². The van der Waals surface area contributed by atoms with Crippen LogP contribution >= 0.6 is 0 Å². The molecule has 6 nitrogen and oxygen atoms in total. The summed E-state index contributed by atoms with van der Waals surface area (Å²) in [5.74, 6) is 2.36. The minimum Gasteiger partial charge on any atom is -0.370 e. The molecule has 3 unspecified atom stereocenters. The minimum atomic E-state index is -0.381. The van der Waals surface area contributed by atoms with E-state index in [1.165, 1.54) is 18.6 Å². The maximum absolute atomic E-state index is 11.0. The number of anilines is 2. The lowest BCUT2D eigenvalue weighted by atomic mass is 9.98. The molecule has 1 aliphatic carbocycles. The Morgan fingerprint density at radius 2 is 2.05 bits per heavy atom. The van der Waals surface area contributed by atoms with Crippen LogP contribution in [0.25, 0.3) is 0 Å². The van der Waals surface area contributed by atoms with E-state index in [-0.39, 0.29) is 10.6 Å². The Labute approximate surface area is 119 Å². The highest BCUT2D eigenvalue weighted by molar-refractivity contribution is 5.55. The number of hydrogen-bond acceptors (Lipinski definition) is 5. The molecule has 1 aromatic rings. The summed E-state index contributed by atoms with van der Waals surface area (Å²) in [4.78, 5) is 15.0. The Balaban J connectivity index is 2.20. The van der Waals surface area contributed by atoms with E-state index < -0.39 is 0 Å². The van der Waals surface area contributed by atoms with Gasteiger partial charge in [0, 0.05) is 12.6 Å². The Hall–Kier alpha value is -1.85. The van der Waals surface area contributed by atoms with Crippen LogP contribution in [0.5, 0.6) is 0 Å².